The number of benzene rings is 1. The van der Waals surface area contributed by atoms with Crippen molar-refractivity contribution in [1.29, 1.82) is 0 Å². The normalized spacial score (nSPS) is 17.2. The Morgan fingerprint density at radius 1 is 1.23 bits per heavy atom. The summed E-state index contributed by atoms with van der Waals surface area (Å²) >= 11 is 3.86. The van der Waals surface area contributed by atoms with Crippen LogP contribution in [0.15, 0.2) is 23.1 Å². The first kappa shape index (κ1) is 9.28. The lowest BCUT2D eigenvalue weighted by Crippen LogP contribution is -1.94. The number of phenolic OH excluding ortho intramolecular Hbond substituents is 1. The Balaban J connectivity index is 2.28. The number of fused-ring (bicyclic) bond motifs is 1. The molecule has 1 aliphatic rings. The van der Waals surface area contributed by atoms with E-state index in [2.05, 4.69) is 0 Å². The highest BCUT2D eigenvalue weighted by Gasteiger charge is 2.07. The first-order chi connectivity index (χ1) is 6.36. The van der Waals surface area contributed by atoms with E-state index in [1.165, 1.54) is 28.4 Å². The molecule has 0 unspecified atom stereocenters. The topological polar surface area (TPSA) is 20.2 Å². The average molecular weight is 212 g/mol. The van der Waals surface area contributed by atoms with Crippen LogP contribution in [-0.2, 0) is 5.75 Å². The molecule has 0 radical (unpaired) electrons. The minimum absolute atomic E-state index is 0.389. The van der Waals surface area contributed by atoms with Crippen LogP contribution in [0, 0.1) is 0 Å². The van der Waals surface area contributed by atoms with Crippen molar-refractivity contribution >= 4 is 23.5 Å². The van der Waals surface area contributed by atoms with Crippen LogP contribution in [0.1, 0.15) is 12.0 Å². The fourth-order valence-corrected chi connectivity index (χ4v) is 3.56. The molecule has 1 nitrogen and oxygen atoms in total. The second-order valence-electron chi connectivity index (χ2n) is 3.05. The summed E-state index contributed by atoms with van der Waals surface area (Å²) in [7, 11) is 0. The van der Waals surface area contributed by atoms with Crippen molar-refractivity contribution in [3.05, 3.63) is 23.8 Å². The molecular formula is C10H12OS2. The van der Waals surface area contributed by atoms with Gasteiger partial charge in [-0.25, -0.2) is 0 Å². The van der Waals surface area contributed by atoms with Gasteiger partial charge in [0.25, 0.3) is 0 Å². The minimum atomic E-state index is 0.389. The molecule has 0 aliphatic carbocycles. The molecule has 0 fully saturated rings. The summed E-state index contributed by atoms with van der Waals surface area (Å²) in [4.78, 5) is 1.34. The van der Waals surface area contributed by atoms with E-state index in [4.69, 9.17) is 0 Å². The molecular weight excluding hydrogens is 200 g/mol. The Labute approximate surface area is 86.9 Å². The van der Waals surface area contributed by atoms with E-state index >= 15 is 0 Å². The van der Waals surface area contributed by atoms with Crippen molar-refractivity contribution < 1.29 is 5.11 Å². The Morgan fingerprint density at radius 3 is 3.08 bits per heavy atom. The van der Waals surface area contributed by atoms with Crippen LogP contribution in [0.25, 0.3) is 0 Å². The molecule has 0 aromatic heterocycles. The Hall–Kier alpha value is -0.280. The third-order valence-corrected chi connectivity index (χ3v) is 4.29. The van der Waals surface area contributed by atoms with Gasteiger partial charge in [0, 0.05) is 10.6 Å². The first-order valence-electron chi connectivity index (χ1n) is 4.39. The molecule has 0 saturated carbocycles. The molecule has 0 atom stereocenters. The number of aromatic hydroxyl groups is 1. The lowest BCUT2D eigenvalue weighted by molar-refractivity contribution is 0.474. The van der Waals surface area contributed by atoms with Crippen LogP contribution < -0.4 is 0 Å². The van der Waals surface area contributed by atoms with Gasteiger partial charge >= 0.3 is 0 Å². The Bertz CT molecular complexity index is 299. The molecule has 0 bridgehead atoms. The lowest BCUT2D eigenvalue weighted by Gasteiger charge is -2.12. The van der Waals surface area contributed by atoms with Crippen LogP contribution in [0.5, 0.6) is 5.75 Å². The average Bonchev–Trinajstić information content (AvgIpc) is 2.08. The zero-order valence-corrected chi connectivity index (χ0v) is 8.96. The third-order valence-electron chi connectivity index (χ3n) is 1.99. The van der Waals surface area contributed by atoms with Crippen molar-refractivity contribution in [2.24, 2.45) is 0 Å². The maximum atomic E-state index is 9.33. The van der Waals surface area contributed by atoms with Gasteiger partial charge in [-0.15, -0.1) is 11.8 Å². The van der Waals surface area contributed by atoms with E-state index in [0.717, 1.165) is 5.75 Å². The van der Waals surface area contributed by atoms with Crippen molar-refractivity contribution in [3.63, 3.8) is 0 Å². The molecule has 1 aromatic rings. The maximum Gasteiger partial charge on any atom is 0.115 e. The predicted octanol–water partition coefficient (Wildman–Crippen LogP) is 3.12. The highest BCUT2D eigenvalue weighted by atomic mass is 32.2. The highest BCUT2D eigenvalue weighted by Crippen LogP contribution is 2.32. The summed E-state index contributed by atoms with van der Waals surface area (Å²) in [6.45, 7) is 0. The number of rotatable bonds is 0. The predicted molar refractivity (Wildman–Crippen MR) is 59.6 cm³/mol. The van der Waals surface area contributed by atoms with Crippen molar-refractivity contribution in [1.82, 2.24) is 0 Å². The summed E-state index contributed by atoms with van der Waals surface area (Å²) in [5, 5.41) is 9.33. The van der Waals surface area contributed by atoms with E-state index in [-0.39, 0.29) is 0 Å². The SMILES string of the molecule is Oc1ccc2c(c1)CSCCCS2. The fourth-order valence-electron chi connectivity index (χ4n) is 1.34. The van der Waals surface area contributed by atoms with E-state index in [1.54, 1.807) is 6.07 Å². The zero-order chi connectivity index (χ0) is 9.10. The van der Waals surface area contributed by atoms with Crippen LogP contribution in [0.3, 0.4) is 0 Å². The molecule has 2 rings (SSSR count). The smallest absolute Gasteiger partial charge is 0.115 e. The summed E-state index contributed by atoms with van der Waals surface area (Å²) in [6.07, 6.45) is 1.29. The van der Waals surface area contributed by atoms with Crippen LogP contribution in [0.4, 0.5) is 0 Å². The quantitative estimate of drug-likeness (QED) is 0.713. The molecule has 0 amide bonds. The van der Waals surface area contributed by atoms with Gasteiger partial charge in [-0.1, -0.05) is 0 Å². The highest BCUT2D eigenvalue weighted by molar-refractivity contribution is 8.00. The second kappa shape index (κ2) is 4.29. The first-order valence-corrected chi connectivity index (χ1v) is 6.53. The summed E-state index contributed by atoms with van der Waals surface area (Å²) in [5.74, 6) is 3.87. The third kappa shape index (κ3) is 2.35. The number of phenols is 1. The molecule has 1 aliphatic heterocycles. The minimum Gasteiger partial charge on any atom is -0.508 e. The number of thioether (sulfide) groups is 2. The van der Waals surface area contributed by atoms with Gasteiger partial charge < -0.3 is 5.11 Å². The van der Waals surface area contributed by atoms with Crippen molar-refractivity contribution in [2.75, 3.05) is 11.5 Å². The number of hydrogen-bond acceptors (Lipinski definition) is 3. The summed E-state index contributed by atoms with van der Waals surface area (Å²) < 4.78 is 0. The zero-order valence-electron chi connectivity index (χ0n) is 7.32. The molecule has 1 N–H and O–H groups in total. The Morgan fingerprint density at radius 2 is 2.15 bits per heavy atom. The number of hydrogen-bond donors (Lipinski definition) is 1. The molecule has 0 saturated heterocycles. The monoisotopic (exact) mass is 212 g/mol. The van der Waals surface area contributed by atoms with E-state index in [0.29, 0.717) is 5.75 Å². The molecule has 0 spiro atoms. The molecule has 13 heavy (non-hydrogen) atoms. The van der Waals surface area contributed by atoms with Gasteiger partial charge in [-0.3, -0.25) is 0 Å². The van der Waals surface area contributed by atoms with Gasteiger partial charge in [0.15, 0.2) is 0 Å². The molecule has 1 aromatic carbocycles. The second-order valence-corrected chi connectivity index (χ2v) is 5.29. The van der Waals surface area contributed by atoms with Gasteiger partial charge in [-0.2, -0.15) is 11.8 Å². The van der Waals surface area contributed by atoms with E-state index < -0.39 is 0 Å². The van der Waals surface area contributed by atoms with Gasteiger partial charge in [-0.05, 0) is 41.7 Å². The van der Waals surface area contributed by atoms with Crippen molar-refractivity contribution in [3.8, 4) is 5.75 Å². The van der Waals surface area contributed by atoms with Crippen molar-refractivity contribution in [2.45, 2.75) is 17.1 Å². The molecule has 70 valence electrons. The maximum absolute atomic E-state index is 9.33. The fraction of sp³-hybridized carbons (Fsp3) is 0.400. The van der Waals surface area contributed by atoms with E-state index in [1.807, 2.05) is 35.7 Å². The summed E-state index contributed by atoms with van der Waals surface area (Å²) in [5.41, 5.74) is 1.29. The largest absolute Gasteiger partial charge is 0.508 e. The van der Waals surface area contributed by atoms with Gasteiger partial charge in [0.2, 0.25) is 0 Å². The van der Waals surface area contributed by atoms with Crippen LogP contribution >= 0.6 is 23.5 Å². The Kier molecular flexibility index (Phi) is 3.06. The molecule has 1 heterocycles. The van der Waals surface area contributed by atoms with Gasteiger partial charge in [0.1, 0.15) is 5.75 Å². The van der Waals surface area contributed by atoms with Gasteiger partial charge in [0.05, 0.1) is 0 Å². The van der Waals surface area contributed by atoms with Crippen LogP contribution in [0.2, 0.25) is 0 Å². The van der Waals surface area contributed by atoms with E-state index in [9.17, 15) is 5.11 Å². The standard InChI is InChI=1S/C10H12OS2/c11-9-2-3-10-8(6-9)7-12-4-1-5-13-10/h2-3,6,11H,1,4-5,7H2. The molecule has 3 heteroatoms. The lowest BCUT2D eigenvalue weighted by atomic mass is 10.2. The van der Waals surface area contributed by atoms with Crippen LogP contribution in [-0.4, -0.2) is 16.6 Å². The summed E-state index contributed by atoms with van der Waals surface area (Å²) in [6, 6.07) is 5.69.